The van der Waals surface area contributed by atoms with Crippen LogP contribution < -0.4 is 11.1 Å². The maximum atomic E-state index is 11.4. The van der Waals surface area contributed by atoms with Gasteiger partial charge in [0.1, 0.15) is 0 Å². The van der Waals surface area contributed by atoms with Crippen molar-refractivity contribution in [1.29, 1.82) is 0 Å². The number of carbonyl (C=O) groups excluding carboxylic acids is 1. The monoisotopic (exact) mass is 250 g/mol. The van der Waals surface area contributed by atoms with Crippen LogP contribution in [-0.4, -0.2) is 22.0 Å². The maximum absolute atomic E-state index is 11.4. The summed E-state index contributed by atoms with van der Waals surface area (Å²) in [4.78, 5) is 15.6. The van der Waals surface area contributed by atoms with Gasteiger partial charge in [-0.05, 0) is 33.2 Å². The number of amides is 1. The highest BCUT2D eigenvalue weighted by Crippen LogP contribution is 2.25. The van der Waals surface area contributed by atoms with E-state index in [9.17, 15) is 4.79 Å². The molecule has 1 aromatic heterocycles. The molecule has 1 amide bonds. The van der Waals surface area contributed by atoms with Crippen LogP contribution in [-0.2, 0) is 11.3 Å². The van der Waals surface area contributed by atoms with Crippen LogP contribution >= 0.6 is 0 Å². The lowest BCUT2D eigenvalue weighted by molar-refractivity contribution is -0.126. The molecule has 1 saturated heterocycles. The lowest BCUT2D eigenvalue weighted by atomic mass is 9.92. The molecule has 1 unspecified atom stereocenters. The molecule has 1 fully saturated rings. The molecule has 1 aromatic rings. The van der Waals surface area contributed by atoms with Crippen LogP contribution in [0, 0.1) is 5.41 Å². The highest BCUT2D eigenvalue weighted by molar-refractivity contribution is 5.79. The quantitative estimate of drug-likeness (QED) is 0.843. The zero-order valence-corrected chi connectivity index (χ0v) is 11.1. The molecule has 0 bridgehead atoms. The van der Waals surface area contributed by atoms with Gasteiger partial charge < -0.3 is 15.6 Å². The number of rotatable bonds is 4. The molecule has 0 saturated carbocycles. The Kier molecular flexibility index (Phi) is 3.71. The van der Waals surface area contributed by atoms with E-state index in [1.165, 1.54) is 12.8 Å². The first-order valence-corrected chi connectivity index (χ1v) is 6.54. The predicted octanol–water partition coefficient (Wildman–Crippen LogP) is 1.21. The molecular formula is C13H22N4O. The highest BCUT2D eigenvalue weighted by Gasteiger charge is 2.27. The van der Waals surface area contributed by atoms with E-state index in [1.807, 2.05) is 24.6 Å². The Labute approximate surface area is 108 Å². The fraction of sp³-hybridized carbons (Fsp3) is 0.692. The zero-order valence-electron chi connectivity index (χ0n) is 11.1. The van der Waals surface area contributed by atoms with Crippen LogP contribution in [0.2, 0.25) is 0 Å². The van der Waals surface area contributed by atoms with Gasteiger partial charge in [0.15, 0.2) is 0 Å². The Morgan fingerprint density at radius 3 is 3.00 bits per heavy atom. The van der Waals surface area contributed by atoms with Crippen LogP contribution in [0.4, 0.5) is 0 Å². The third-order valence-corrected chi connectivity index (χ3v) is 3.64. The van der Waals surface area contributed by atoms with Gasteiger partial charge in [-0.25, -0.2) is 4.98 Å². The number of primary amides is 1. The van der Waals surface area contributed by atoms with E-state index >= 15 is 0 Å². The van der Waals surface area contributed by atoms with Gasteiger partial charge in [0.25, 0.3) is 0 Å². The van der Waals surface area contributed by atoms with Gasteiger partial charge in [-0.2, -0.15) is 0 Å². The third kappa shape index (κ3) is 2.72. The number of nitrogens with zero attached hydrogens (tertiary/aromatic N) is 2. The summed E-state index contributed by atoms with van der Waals surface area (Å²) in [5, 5.41) is 3.50. The molecule has 2 heterocycles. The van der Waals surface area contributed by atoms with E-state index in [4.69, 9.17) is 5.73 Å². The number of nitrogens with two attached hydrogens (primary N) is 1. The maximum Gasteiger partial charge on any atom is 0.224 e. The number of aromatic nitrogens is 2. The Morgan fingerprint density at radius 1 is 1.61 bits per heavy atom. The van der Waals surface area contributed by atoms with Crippen molar-refractivity contribution in [2.45, 2.75) is 45.7 Å². The summed E-state index contributed by atoms with van der Waals surface area (Å²) < 4.78 is 2.05. The van der Waals surface area contributed by atoms with Crippen LogP contribution in [0.15, 0.2) is 12.5 Å². The Hall–Kier alpha value is -1.36. The van der Waals surface area contributed by atoms with Crippen molar-refractivity contribution in [2.24, 2.45) is 11.1 Å². The number of hydrogen-bond donors (Lipinski definition) is 2. The second kappa shape index (κ2) is 5.10. The Bertz CT molecular complexity index is 418. The van der Waals surface area contributed by atoms with Crippen molar-refractivity contribution in [3.05, 3.63) is 18.2 Å². The van der Waals surface area contributed by atoms with Gasteiger partial charge in [-0.15, -0.1) is 0 Å². The van der Waals surface area contributed by atoms with Crippen LogP contribution in [0.1, 0.15) is 44.8 Å². The average molecular weight is 250 g/mol. The van der Waals surface area contributed by atoms with E-state index in [0.29, 0.717) is 12.6 Å². The molecule has 1 aliphatic rings. The molecule has 18 heavy (non-hydrogen) atoms. The van der Waals surface area contributed by atoms with Crippen molar-refractivity contribution in [3.8, 4) is 0 Å². The molecule has 0 aromatic carbocycles. The van der Waals surface area contributed by atoms with Crippen LogP contribution in [0.25, 0.3) is 0 Å². The first-order chi connectivity index (χ1) is 8.50. The van der Waals surface area contributed by atoms with Gasteiger partial charge in [0.2, 0.25) is 5.91 Å². The fourth-order valence-corrected chi connectivity index (χ4v) is 2.36. The number of hydrogen-bond acceptors (Lipinski definition) is 3. The van der Waals surface area contributed by atoms with Crippen molar-refractivity contribution in [1.82, 2.24) is 14.9 Å². The topological polar surface area (TPSA) is 72.9 Å². The smallest absolute Gasteiger partial charge is 0.224 e. The van der Waals surface area contributed by atoms with Gasteiger partial charge in [0.05, 0.1) is 17.4 Å². The summed E-state index contributed by atoms with van der Waals surface area (Å²) in [7, 11) is 0. The molecule has 1 aliphatic heterocycles. The van der Waals surface area contributed by atoms with Gasteiger partial charge in [-0.1, -0.05) is 6.42 Å². The molecule has 0 aliphatic carbocycles. The molecule has 5 nitrogen and oxygen atoms in total. The first-order valence-electron chi connectivity index (χ1n) is 6.54. The molecule has 3 N–H and O–H groups in total. The van der Waals surface area contributed by atoms with E-state index in [-0.39, 0.29) is 5.91 Å². The number of carbonyl (C=O) groups is 1. The summed E-state index contributed by atoms with van der Waals surface area (Å²) in [6.45, 7) is 5.37. The molecule has 0 radical (unpaired) electrons. The van der Waals surface area contributed by atoms with Crippen LogP contribution in [0.3, 0.4) is 0 Å². The van der Waals surface area contributed by atoms with Crippen molar-refractivity contribution < 1.29 is 4.79 Å². The molecule has 100 valence electrons. The molecule has 0 spiro atoms. The molecule has 1 atom stereocenters. The molecular weight excluding hydrogens is 228 g/mol. The van der Waals surface area contributed by atoms with Gasteiger partial charge in [-0.3, -0.25) is 4.79 Å². The van der Waals surface area contributed by atoms with Gasteiger partial charge in [0, 0.05) is 18.8 Å². The van der Waals surface area contributed by atoms with Crippen molar-refractivity contribution in [2.75, 3.05) is 6.54 Å². The van der Waals surface area contributed by atoms with Crippen LogP contribution in [0.5, 0.6) is 0 Å². The van der Waals surface area contributed by atoms with Crippen molar-refractivity contribution >= 4 is 5.91 Å². The SMILES string of the molecule is CC(C)(Cn1cncc1C1CCCCN1)C(N)=O. The summed E-state index contributed by atoms with van der Waals surface area (Å²) in [6.07, 6.45) is 7.28. The first kappa shape index (κ1) is 13.1. The second-order valence-electron chi connectivity index (χ2n) is 5.70. The van der Waals surface area contributed by atoms with E-state index < -0.39 is 5.41 Å². The number of piperidine rings is 1. The molecule has 2 rings (SSSR count). The number of nitrogens with one attached hydrogen (secondary N) is 1. The zero-order chi connectivity index (χ0) is 13.2. The lowest BCUT2D eigenvalue weighted by Crippen LogP contribution is -2.36. The minimum atomic E-state index is -0.551. The molecule has 5 heteroatoms. The van der Waals surface area contributed by atoms with Crippen molar-refractivity contribution in [3.63, 3.8) is 0 Å². The summed E-state index contributed by atoms with van der Waals surface area (Å²) in [6, 6.07) is 0.352. The third-order valence-electron chi connectivity index (χ3n) is 3.64. The van der Waals surface area contributed by atoms with E-state index in [0.717, 1.165) is 18.7 Å². The summed E-state index contributed by atoms with van der Waals surface area (Å²) in [5.74, 6) is -0.279. The highest BCUT2D eigenvalue weighted by atomic mass is 16.1. The summed E-state index contributed by atoms with van der Waals surface area (Å²) >= 11 is 0. The fourth-order valence-electron chi connectivity index (χ4n) is 2.36. The largest absolute Gasteiger partial charge is 0.369 e. The number of imidazole rings is 1. The van der Waals surface area contributed by atoms with Gasteiger partial charge >= 0.3 is 0 Å². The normalized spacial score (nSPS) is 20.9. The minimum Gasteiger partial charge on any atom is -0.369 e. The summed E-state index contributed by atoms with van der Waals surface area (Å²) in [5.41, 5.74) is 6.03. The lowest BCUT2D eigenvalue weighted by Gasteiger charge is -2.27. The average Bonchev–Trinajstić information content (AvgIpc) is 2.77. The predicted molar refractivity (Wildman–Crippen MR) is 69.8 cm³/mol. The minimum absolute atomic E-state index is 0.279. The van der Waals surface area contributed by atoms with E-state index in [1.54, 1.807) is 6.33 Å². The Balaban J connectivity index is 2.14. The second-order valence-corrected chi connectivity index (χ2v) is 5.70. The Morgan fingerprint density at radius 2 is 2.39 bits per heavy atom. The van der Waals surface area contributed by atoms with E-state index in [2.05, 4.69) is 10.3 Å². The standard InChI is InChI=1S/C13H22N4O/c1-13(2,12(14)18)8-17-9-15-7-11(17)10-5-3-4-6-16-10/h7,9-10,16H,3-6,8H2,1-2H3,(H2,14,18).